The van der Waals surface area contributed by atoms with Crippen LogP contribution in [0.3, 0.4) is 0 Å². The van der Waals surface area contributed by atoms with Crippen molar-refractivity contribution in [1.29, 1.82) is 5.26 Å². The molecule has 2 aromatic rings. The maximum Gasteiger partial charge on any atom is 0.311 e. The molecule has 1 fully saturated rings. The van der Waals surface area contributed by atoms with Crippen molar-refractivity contribution in [1.82, 2.24) is 0 Å². The van der Waals surface area contributed by atoms with E-state index in [0.29, 0.717) is 11.3 Å². The molecule has 0 N–H and O–H groups in total. The molecule has 0 aromatic heterocycles. The summed E-state index contributed by atoms with van der Waals surface area (Å²) in [4.78, 5) is 12.1. The number of nitriles is 1. The molecule has 3 atom stereocenters. The third-order valence-corrected chi connectivity index (χ3v) is 4.67. The number of nitrogens with zero attached hydrogens (tertiary/aromatic N) is 1. The number of ether oxygens (including phenoxy) is 2. The van der Waals surface area contributed by atoms with E-state index in [1.54, 1.807) is 24.3 Å². The van der Waals surface area contributed by atoms with E-state index in [-0.39, 0.29) is 29.5 Å². The van der Waals surface area contributed by atoms with Crippen molar-refractivity contribution in [3.05, 3.63) is 59.9 Å². The lowest BCUT2D eigenvalue weighted by Gasteiger charge is -2.13. The lowest BCUT2D eigenvalue weighted by atomic mass is 10.1. The molecule has 3 unspecified atom stereocenters. The van der Waals surface area contributed by atoms with Crippen LogP contribution in [0, 0.1) is 34.9 Å². The highest BCUT2D eigenvalue weighted by Gasteiger charge is 2.50. The molecule has 1 saturated carbocycles. The number of carbonyl (C=O) groups excluding carboxylic acids is 1. The minimum atomic E-state index is -1.09. The third kappa shape index (κ3) is 3.63. The molecule has 0 aliphatic heterocycles. The molecule has 4 nitrogen and oxygen atoms in total. The zero-order valence-corrected chi connectivity index (χ0v) is 14.0. The Morgan fingerprint density at radius 1 is 1.16 bits per heavy atom. The van der Waals surface area contributed by atoms with Crippen molar-refractivity contribution in [3.8, 4) is 17.6 Å². The molecule has 5 heteroatoms. The summed E-state index contributed by atoms with van der Waals surface area (Å²) in [6.45, 7) is 3.95. The van der Waals surface area contributed by atoms with E-state index >= 15 is 0 Å². The maximum atomic E-state index is 14.0. The zero-order chi connectivity index (χ0) is 18.0. The molecule has 0 spiro atoms. The highest BCUT2D eigenvalue weighted by Crippen LogP contribution is 2.46. The van der Waals surface area contributed by atoms with Crippen LogP contribution in [0.25, 0.3) is 0 Å². The van der Waals surface area contributed by atoms with Gasteiger partial charge >= 0.3 is 5.97 Å². The number of carbonyl (C=O) groups is 1. The highest BCUT2D eigenvalue weighted by molar-refractivity contribution is 5.76. The van der Waals surface area contributed by atoms with Crippen LogP contribution in [0.1, 0.15) is 25.5 Å². The molecular formula is C20H18FNO3. The molecule has 3 rings (SSSR count). The van der Waals surface area contributed by atoms with Crippen molar-refractivity contribution < 1.29 is 18.7 Å². The monoisotopic (exact) mass is 339 g/mol. The first kappa shape index (κ1) is 17.0. The largest absolute Gasteiger partial charge is 0.454 e. The second-order valence-electron chi connectivity index (χ2n) is 6.30. The molecule has 1 aliphatic rings. The molecule has 0 radical (unpaired) electrons. The summed E-state index contributed by atoms with van der Waals surface area (Å²) in [5.74, 6) is -0.135. The van der Waals surface area contributed by atoms with E-state index < -0.39 is 11.9 Å². The highest BCUT2D eigenvalue weighted by atomic mass is 19.1. The maximum absolute atomic E-state index is 14.0. The van der Waals surface area contributed by atoms with Crippen LogP contribution in [0.15, 0.2) is 48.5 Å². The molecule has 1 aliphatic carbocycles. The standard InChI is InChI=1S/C20H18FNO3/c1-12-13(2)19(12)20(23)25-18(11-22)14-8-9-16(21)17(10-14)24-15-6-4-3-5-7-15/h3-10,12-13,18-19H,1-2H3. The van der Waals surface area contributed by atoms with Gasteiger partial charge in [-0.15, -0.1) is 0 Å². The van der Waals surface area contributed by atoms with E-state index in [0.717, 1.165) is 0 Å². The van der Waals surface area contributed by atoms with Crippen LogP contribution in [0.5, 0.6) is 11.5 Å². The van der Waals surface area contributed by atoms with Crippen LogP contribution >= 0.6 is 0 Å². The van der Waals surface area contributed by atoms with Crippen LogP contribution in [0.4, 0.5) is 4.39 Å². The van der Waals surface area contributed by atoms with Gasteiger partial charge in [0.2, 0.25) is 6.10 Å². The van der Waals surface area contributed by atoms with Crippen LogP contribution in [-0.4, -0.2) is 5.97 Å². The summed E-state index contributed by atoms with van der Waals surface area (Å²) in [6.07, 6.45) is -1.09. The molecule has 0 amide bonds. The van der Waals surface area contributed by atoms with E-state index in [4.69, 9.17) is 9.47 Å². The molecular weight excluding hydrogens is 321 g/mol. The van der Waals surface area contributed by atoms with Gasteiger partial charge in [0.15, 0.2) is 11.6 Å². The lowest BCUT2D eigenvalue weighted by molar-refractivity contribution is -0.149. The van der Waals surface area contributed by atoms with E-state index in [2.05, 4.69) is 0 Å². The smallest absolute Gasteiger partial charge is 0.311 e. The lowest BCUT2D eigenvalue weighted by Crippen LogP contribution is -2.13. The zero-order valence-electron chi connectivity index (χ0n) is 14.0. The van der Waals surface area contributed by atoms with Crippen LogP contribution in [-0.2, 0) is 9.53 Å². The summed E-state index contributed by atoms with van der Waals surface area (Å²) < 4.78 is 24.8. The number of para-hydroxylation sites is 1. The van der Waals surface area contributed by atoms with Gasteiger partial charge in [-0.1, -0.05) is 38.1 Å². The molecule has 128 valence electrons. The van der Waals surface area contributed by atoms with Gasteiger partial charge in [-0.25, -0.2) is 4.39 Å². The topological polar surface area (TPSA) is 59.3 Å². The second kappa shape index (κ2) is 6.94. The Kier molecular flexibility index (Phi) is 4.71. The number of esters is 1. The quantitative estimate of drug-likeness (QED) is 0.745. The Labute approximate surface area is 145 Å². The number of hydrogen-bond acceptors (Lipinski definition) is 4. The first-order chi connectivity index (χ1) is 12.0. The number of halogens is 1. The average molecular weight is 339 g/mol. The Hall–Kier alpha value is -2.87. The van der Waals surface area contributed by atoms with Crippen LogP contribution < -0.4 is 4.74 Å². The Bertz CT molecular complexity index is 807. The van der Waals surface area contributed by atoms with Gasteiger partial charge in [-0.3, -0.25) is 4.79 Å². The summed E-state index contributed by atoms with van der Waals surface area (Å²) in [6, 6.07) is 14.7. The van der Waals surface area contributed by atoms with Crippen molar-refractivity contribution >= 4 is 5.97 Å². The second-order valence-corrected chi connectivity index (χ2v) is 6.30. The third-order valence-electron chi connectivity index (χ3n) is 4.67. The molecule has 25 heavy (non-hydrogen) atoms. The van der Waals surface area contributed by atoms with Gasteiger partial charge in [-0.2, -0.15) is 5.26 Å². The molecule has 0 heterocycles. The van der Waals surface area contributed by atoms with Crippen LogP contribution in [0.2, 0.25) is 0 Å². The Morgan fingerprint density at radius 3 is 2.44 bits per heavy atom. The molecule has 2 aromatic carbocycles. The number of hydrogen-bond donors (Lipinski definition) is 0. The van der Waals surface area contributed by atoms with Gasteiger partial charge < -0.3 is 9.47 Å². The van der Waals surface area contributed by atoms with Crippen molar-refractivity contribution in [2.75, 3.05) is 0 Å². The Morgan fingerprint density at radius 2 is 1.84 bits per heavy atom. The van der Waals surface area contributed by atoms with E-state index in [1.165, 1.54) is 18.2 Å². The van der Waals surface area contributed by atoms with Gasteiger partial charge in [-0.05, 0) is 36.1 Å². The summed E-state index contributed by atoms with van der Waals surface area (Å²) >= 11 is 0. The fraction of sp³-hybridized carbons (Fsp3) is 0.300. The fourth-order valence-electron chi connectivity index (χ4n) is 2.83. The van der Waals surface area contributed by atoms with Crippen molar-refractivity contribution in [2.45, 2.75) is 20.0 Å². The number of benzene rings is 2. The van der Waals surface area contributed by atoms with E-state index in [1.807, 2.05) is 26.0 Å². The van der Waals surface area contributed by atoms with Crippen molar-refractivity contribution in [2.24, 2.45) is 17.8 Å². The van der Waals surface area contributed by atoms with Gasteiger partial charge in [0.1, 0.15) is 11.8 Å². The predicted molar refractivity (Wildman–Crippen MR) is 89.2 cm³/mol. The first-order valence-electron chi connectivity index (χ1n) is 8.13. The SMILES string of the molecule is CC1C(C)C1C(=O)OC(C#N)c1ccc(F)c(Oc2ccccc2)c1. The molecule has 0 saturated heterocycles. The first-order valence-corrected chi connectivity index (χ1v) is 8.13. The predicted octanol–water partition coefficient (Wildman–Crippen LogP) is 4.63. The van der Waals surface area contributed by atoms with Gasteiger partial charge in [0, 0.05) is 5.56 Å². The Balaban J connectivity index is 1.78. The summed E-state index contributed by atoms with van der Waals surface area (Å²) in [5.41, 5.74) is 0.379. The minimum Gasteiger partial charge on any atom is -0.454 e. The van der Waals surface area contributed by atoms with Gasteiger partial charge in [0.05, 0.1) is 5.92 Å². The summed E-state index contributed by atoms with van der Waals surface area (Å²) in [5, 5.41) is 9.35. The van der Waals surface area contributed by atoms with E-state index in [9.17, 15) is 14.4 Å². The normalized spacial score (nSPS) is 22.6. The minimum absolute atomic E-state index is 0.0202. The number of rotatable bonds is 5. The molecule has 0 bridgehead atoms. The van der Waals surface area contributed by atoms with Crippen molar-refractivity contribution in [3.63, 3.8) is 0 Å². The van der Waals surface area contributed by atoms with Gasteiger partial charge in [0.25, 0.3) is 0 Å². The summed E-state index contributed by atoms with van der Waals surface area (Å²) in [7, 11) is 0. The average Bonchev–Trinajstić information content (AvgIpc) is 3.22. The fourth-order valence-corrected chi connectivity index (χ4v) is 2.83.